The molecule has 2 rings (SSSR count). The van der Waals surface area contributed by atoms with Crippen LogP contribution in [0.1, 0.15) is 26.3 Å². The average molecular weight is 235 g/mol. The molecule has 2 aromatic rings. The number of fused-ring (bicyclic) bond motifs is 1. The number of hydrogen-bond acceptors (Lipinski definition) is 2. The highest BCUT2D eigenvalue weighted by atomic mass is 32.1. The van der Waals surface area contributed by atoms with E-state index in [0.717, 1.165) is 5.56 Å². The molecule has 0 saturated heterocycles. The summed E-state index contributed by atoms with van der Waals surface area (Å²) >= 11 is 1.72. The quantitative estimate of drug-likeness (QED) is 0.847. The fraction of sp³-hybridized carbons (Fsp3) is 0.308. The van der Waals surface area contributed by atoms with Crippen LogP contribution in [-0.4, -0.2) is 5.91 Å². The van der Waals surface area contributed by atoms with Crippen molar-refractivity contribution >= 4 is 27.3 Å². The number of benzene rings is 1. The van der Waals surface area contributed by atoms with E-state index in [-0.39, 0.29) is 5.91 Å². The lowest BCUT2D eigenvalue weighted by atomic mass is 10.2. The van der Waals surface area contributed by atoms with E-state index in [1.165, 1.54) is 17.0 Å². The first-order valence-electron chi connectivity index (χ1n) is 5.46. The van der Waals surface area contributed by atoms with E-state index in [9.17, 15) is 4.79 Å². The third kappa shape index (κ3) is 3.35. The van der Waals surface area contributed by atoms with Crippen molar-refractivity contribution in [1.82, 2.24) is 5.32 Å². The van der Waals surface area contributed by atoms with Gasteiger partial charge < -0.3 is 5.32 Å². The molecule has 0 saturated carbocycles. The van der Waals surface area contributed by atoms with Gasteiger partial charge in [0.1, 0.15) is 0 Å². The number of carbonyl (C=O) groups excluding carboxylic acids is 1. The summed E-state index contributed by atoms with van der Waals surface area (Å²) in [5.41, 5.74) is 1.15. The maximum atomic E-state index is 10.7. The zero-order valence-corrected chi connectivity index (χ0v) is 10.7. The number of nitrogens with one attached hydrogen (secondary N) is 1. The Balaban J connectivity index is 0.000000606. The summed E-state index contributed by atoms with van der Waals surface area (Å²) in [7, 11) is 0. The van der Waals surface area contributed by atoms with E-state index < -0.39 is 0 Å². The lowest BCUT2D eigenvalue weighted by molar-refractivity contribution is -0.119. The van der Waals surface area contributed by atoms with Gasteiger partial charge in [-0.15, -0.1) is 11.3 Å². The molecule has 1 amide bonds. The topological polar surface area (TPSA) is 29.1 Å². The first-order valence-corrected chi connectivity index (χ1v) is 6.34. The Morgan fingerprint density at radius 1 is 1.31 bits per heavy atom. The zero-order chi connectivity index (χ0) is 12.0. The van der Waals surface area contributed by atoms with Crippen LogP contribution in [0.2, 0.25) is 0 Å². The molecule has 0 bridgehead atoms. The molecule has 0 aliphatic carbocycles. The summed E-state index contributed by atoms with van der Waals surface area (Å²) in [6.45, 7) is 6.15. The molecular formula is C13H17NOS. The zero-order valence-electron chi connectivity index (χ0n) is 9.91. The molecule has 86 valence electrons. The van der Waals surface area contributed by atoms with Crippen molar-refractivity contribution in [3.05, 3.63) is 35.2 Å². The van der Waals surface area contributed by atoms with Crippen LogP contribution in [-0.2, 0) is 11.3 Å². The van der Waals surface area contributed by atoms with Crippen LogP contribution in [0.15, 0.2) is 29.6 Å². The summed E-state index contributed by atoms with van der Waals surface area (Å²) in [6.07, 6.45) is 0. The first-order chi connectivity index (χ1) is 7.75. The van der Waals surface area contributed by atoms with Crippen LogP contribution in [0.5, 0.6) is 0 Å². The van der Waals surface area contributed by atoms with Crippen LogP contribution >= 0.6 is 11.3 Å². The Morgan fingerprint density at radius 3 is 2.75 bits per heavy atom. The lowest BCUT2D eigenvalue weighted by Gasteiger charge is -2.01. The van der Waals surface area contributed by atoms with Crippen LogP contribution < -0.4 is 5.32 Å². The summed E-state index contributed by atoms with van der Waals surface area (Å²) in [5.74, 6) is 0.0104. The third-order valence-corrected chi connectivity index (χ3v) is 2.94. The Bertz CT molecular complexity index is 462. The molecule has 0 unspecified atom stereocenters. The first kappa shape index (κ1) is 12.7. The van der Waals surface area contributed by atoms with Gasteiger partial charge in [-0.3, -0.25) is 4.79 Å². The fourth-order valence-electron chi connectivity index (χ4n) is 1.34. The molecule has 16 heavy (non-hydrogen) atoms. The van der Waals surface area contributed by atoms with E-state index in [1.807, 2.05) is 19.9 Å². The van der Waals surface area contributed by atoms with Gasteiger partial charge in [-0.2, -0.15) is 0 Å². The van der Waals surface area contributed by atoms with Crippen molar-refractivity contribution in [2.45, 2.75) is 27.3 Å². The SMILES string of the molecule is CC.CC(=O)NCc1ccc2ccsc2c1. The van der Waals surface area contributed by atoms with Gasteiger partial charge in [0, 0.05) is 18.2 Å². The second-order valence-electron chi connectivity index (χ2n) is 3.20. The molecule has 1 aromatic carbocycles. The predicted molar refractivity (Wildman–Crippen MR) is 70.7 cm³/mol. The summed E-state index contributed by atoms with van der Waals surface area (Å²) in [4.78, 5) is 10.7. The smallest absolute Gasteiger partial charge is 0.217 e. The molecule has 0 aliphatic rings. The normalized spacial score (nSPS) is 9.44. The van der Waals surface area contributed by atoms with Crippen LogP contribution in [0, 0.1) is 0 Å². The van der Waals surface area contributed by atoms with Crippen LogP contribution in [0.4, 0.5) is 0 Å². The predicted octanol–water partition coefficient (Wildman–Crippen LogP) is 3.56. The lowest BCUT2D eigenvalue weighted by Crippen LogP contribution is -2.18. The number of amides is 1. The number of carbonyl (C=O) groups is 1. The Hall–Kier alpha value is -1.35. The molecule has 0 aliphatic heterocycles. The maximum absolute atomic E-state index is 10.7. The van der Waals surface area contributed by atoms with Crippen LogP contribution in [0.3, 0.4) is 0 Å². The highest BCUT2D eigenvalue weighted by Crippen LogP contribution is 2.21. The third-order valence-electron chi connectivity index (χ3n) is 2.06. The highest BCUT2D eigenvalue weighted by Gasteiger charge is 1.98. The highest BCUT2D eigenvalue weighted by molar-refractivity contribution is 7.17. The molecule has 2 nitrogen and oxygen atoms in total. The molecule has 0 atom stereocenters. The second-order valence-corrected chi connectivity index (χ2v) is 4.15. The average Bonchev–Trinajstić information content (AvgIpc) is 2.76. The van der Waals surface area contributed by atoms with Crippen molar-refractivity contribution in [3.8, 4) is 0 Å². The number of rotatable bonds is 2. The summed E-state index contributed by atoms with van der Waals surface area (Å²) in [6, 6.07) is 8.35. The molecule has 1 heterocycles. The second kappa shape index (κ2) is 6.28. The standard InChI is InChI=1S/C11H11NOS.C2H6/c1-8(13)12-7-9-2-3-10-4-5-14-11(10)6-9;1-2/h2-6H,7H2,1H3,(H,12,13);1-2H3. The van der Waals surface area contributed by atoms with Crippen molar-refractivity contribution in [2.24, 2.45) is 0 Å². The molecule has 1 N–H and O–H groups in total. The van der Waals surface area contributed by atoms with E-state index in [2.05, 4.69) is 28.9 Å². The van der Waals surface area contributed by atoms with Gasteiger partial charge >= 0.3 is 0 Å². The van der Waals surface area contributed by atoms with Crippen molar-refractivity contribution < 1.29 is 4.79 Å². The Kier molecular flexibility index (Phi) is 4.99. The fourth-order valence-corrected chi connectivity index (χ4v) is 2.19. The minimum absolute atomic E-state index is 0.0104. The van der Waals surface area contributed by atoms with Gasteiger partial charge in [-0.05, 0) is 28.5 Å². The number of thiophene rings is 1. The molecule has 3 heteroatoms. The van der Waals surface area contributed by atoms with Crippen molar-refractivity contribution in [3.63, 3.8) is 0 Å². The minimum Gasteiger partial charge on any atom is -0.352 e. The van der Waals surface area contributed by atoms with Gasteiger partial charge in [-0.25, -0.2) is 0 Å². The molecule has 0 fully saturated rings. The van der Waals surface area contributed by atoms with Gasteiger partial charge in [-0.1, -0.05) is 26.0 Å². The summed E-state index contributed by atoms with van der Waals surface area (Å²) in [5, 5.41) is 6.13. The van der Waals surface area contributed by atoms with E-state index in [4.69, 9.17) is 0 Å². The maximum Gasteiger partial charge on any atom is 0.217 e. The van der Waals surface area contributed by atoms with Crippen molar-refractivity contribution in [2.75, 3.05) is 0 Å². The molecular weight excluding hydrogens is 218 g/mol. The monoisotopic (exact) mass is 235 g/mol. The molecule has 0 radical (unpaired) electrons. The van der Waals surface area contributed by atoms with Gasteiger partial charge in [0.25, 0.3) is 0 Å². The minimum atomic E-state index is 0.0104. The van der Waals surface area contributed by atoms with Crippen molar-refractivity contribution in [1.29, 1.82) is 0 Å². The van der Waals surface area contributed by atoms with Gasteiger partial charge in [0.05, 0.1) is 0 Å². The Morgan fingerprint density at radius 2 is 2.06 bits per heavy atom. The largest absolute Gasteiger partial charge is 0.352 e. The van der Waals surface area contributed by atoms with E-state index in [0.29, 0.717) is 6.54 Å². The molecule has 0 spiro atoms. The number of hydrogen-bond donors (Lipinski definition) is 1. The Labute approximate surface area is 100 Å². The van der Waals surface area contributed by atoms with Gasteiger partial charge in [0.15, 0.2) is 0 Å². The van der Waals surface area contributed by atoms with E-state index in [1.54, 1.807) is 11.3 Å². The van der Waals surface area contributed by atoms with Gasteiger partial charge in [0.2, 0.25) is 5.91 Å². The van der Waals surface area contributed by atoms with Crippen LogP contribution in [0.25, 0.3) is 10.1 Å². The van der Waals surface area contributed by atoms with E-state index >= 15 is 0 Å². The summed E-state index contributed by atoms with van der Waals surface area (Å²) < 4.78 is 1.27. The molecule has 1 aromatic heterocycles.